The van der Waals surface area contributed by atoms with Gasteiger partial charge in [-0.05, 0) is 18.5 Å². The number of hydrogen-bond donors (Lipinski definition) is 2. The van der Waals surface area contributed by atoms with Crippen molar-refractivity contribution in [3.05, 3.63) is 24.2 Å². The van der Waals surface area contributed by atoms with Crippen LogP contribution in [0.3, 0.4) is 0 Å². The summed E-state index contributed by atoms with van der Waals surface area (Å²) in [4.78, 5) is 11.4. The van der Waals surface area contributed by atoms with Crippen LogP contribution in [-0.2, 0) is 6.42 Å². The van der Waals surface area contributed by atoms with Gasteiger partial charge in [0.15, 0.2) is 5.65 Å². The summed E-state index contributed by atoms with van der Waals surface area (Å²) in [5, 5.41) is 0. The third kappa shape index (κ3) is 1.06. The maximum atomic E-state index is 5.45. The van der Waals surface area contributed by atoms with E-state index in [2.05, 4.69) is 15.0 Å². The van der Waals surface area contributed by atoms with Gasteiger partial charge >= 0.3 is 0 Å². The Balaban J connectivity index is 2.55. The van der Waals surface area contributed by atoms with Gasteiger partial charge in [0.25, 0.3) is 0 Å². The minimum absolute atomic E-state index is 0.642. The molecule has 3 N–H and O–H groups in total. The van der Waals surface area contributed by atoms with E-state index in [0.717, 1.165) is 23.1 Å². The molecule has 2 aromatic heterocycles. The Morgan fingerprint density at radius 1 is 1.33 bits per heavy atom. The van der Waals surface area contributed by atoms with Crippen molar-refractivity contribution in [3.8, 4) is 0 Å². The molecular formula is C8H10N4. The van der Waals surface area contributed by atoms with Gasteiger partial charge in [-0.2, -0.15) is 0 Å². The predicted molar refractivity (Wildman–Crippen MR) is 46.6 cm³/mol. The Bertz CT molecular complexity index is 379. The van der Waals surface area contributed by atoms with Crippen LogP contribution in [0.2, 0.25) is 0 Å². The quantitative estimate of drug-likeness (QED) is 0.674. The molecule has 0 aliphatic carbocycles. The van der Waals surface area contributed by atoms with E-state index in [1.54, 1.807) is 12.4 Å². The average molecular weight is 162 g/mol. The first-order valence-electron chi connectivity index (χ1n) is 3.89. The second-order valence-electron chi connectivity index (χ2n) is 2.61. The molecule has 62 valence electrons. The monoisotopic (exact) mass is 162 g/mol. The zero-order valence-corrected chi connectivity index (χ0v) is 6.62. The number of hydrogen-bond acceptors (Lipinski definition) is 3. The standard InChI is InChI=1S/C8H10N4/c9-2-1-6-5-12-8-7(6)10-3-4-11-8/h3-5H,1-2,9H2,(H,11,12). The second-order valence-corrected chi connectivity index (χ2v) is 2.61. The van der Waals surface area contributed by atoms with Gasteiger partial charge in [-0.25, -0.2) is 4.98 Å². The molecule has 0 spiro atoms. The molecule has 0 fully saturated rings. The fraction of sp³-hybridized carbons (Fsp3) is 0.250. The third-order valence-corrected chi connectivity index (χ3v) is 1.80. The first-order chi connectivity index (χ1) is 5.92. The first-order valence-corrected chi connectivity index (χ1v) is 3.89. The largest absolute Gasteiger partial charge is 0.345 e. The lowest BCUT2D eigenvalue weighted by Crippen LogP contribution is -2.02. The summed E-state index contributed by atoms with van der Waals surface area (Å²) in [5.41, 5.74) is 8.36. The zero-order chi connectivity index (χ0) is 8.39. The molecule has 0 saturated carbocycles. The molecule has 2 rings (SSSR count). The summed E-state index contributed by atoms with van der Waals surface area (Å²) in [7, 11) is 0. The molecule has 0 atom stereocenters. The van der Waals surface area contributed by atoms with E-state index in [-0.39, 0.29) is 0 Å². The third-order valence-electron chi connectivity index (χ3n) is 1.80. The Morgan fingerprint density at radius 2 is 2.17 bits per heavy atom. The van der Waals surface area contributed by atoms with Crippen LogP contribution in [0.1, 0.15) is 5.56 Å². The fourth-order valence-electron chi connectivity index (χ4n) is 1.25. The highest BCUT2D eigenvalue weighted by molar-refractivity contribution is 5.74. The van der Waals surface area contributed by atoms with Gasteiger partial charge in [0, 0.05) is 18.6 Å². The van der Waals surface area contributed by atoms with Gasteiger partial charge in [0.05, 0.1) is 0 Å². The van der Waals surface area contributed by atoms with Crippen molar-refractivity contribution in [1.29, 1.82) is 0 Å². The number of aromatic amines is 1. The van der Waals surface area contributed by atoms with E-state index >= 15 is 0 Å². The lowest BCUT2D eigenvalue weighted by molar-refractivity contribution is 0.973. The van der Waals surface area contributed by atoms with E-state index in [1.165, 1.54) is 0 Å². The van der Waals surface area contributed by atoms with Crippen molar-refractivity contribution in [2.45, 2.75) is 6.42 Å². The van der Waals surface area contributed by atoms with Crippen molar-refractivity contribution in [1.82, 2.24) is 15.0 Å². The molecule has 4 nitrogen and oxygen atoms in total. The smallest absolute Gasteiger partial charge is 0.156 e. The normalized spacial score (nSPS) is 10.8. The van der Waals surface area contributed by atoms with Crippen molar-refractivity contribution in [2.75, 3.05) is 6.54 Å². The van der Waals surface area contributed by atoms with Crippen LogP contribution in [-0.4, -0.2) is 21.5 Å². The molecule has 0 amide bonds. The summed E-state index contributed by atoms with van der Waals surface area (Å²) >= 11 is 0. The number of H-pyrrole nitrogens is 1. The highest BCUT2D eigenvalue weighted by Crippen LogP contribution is 2.12. The average Bonchev–Trinajstić information content (AvgIpc) is 2.50. The summed E-state index contributed by atoms with van der Waals surface area (Å²) in [5.74, 6) is 0. The summed E-state index contributed by atoms with van der Waals surface area (Å²) in [6, 6.07) is 0. The van der Waals surface area contributed by atoms with E-state index in [1.807, 2.05) is 6.20 Å². The van der Waals surface area contributed by atoms with Crippen LogP contribution in [0.15, 0.2) is 18.6 Å². The van der Waals surface area contributed by atoms with Crippen LogP contribution in [0.5, 0.6) is 0 Å². The maximum absolute atomic E-state index is 5.45. The maximum Gasteiger partial charge on any atom is 0.156 e. The van der Waals surface area contributed by atoms with Crippen LogP contribution in [0, 0.1) is 0 Å². The topological polar surface area (TPSA) is 67.6 Å². The van der Waals surface area contributed by atoms with Gasteiger partial charge < -0.3 is 10.7 Å². The van der Waals surface area contributed by atoms with Gasteiger partial charge in [0.2, 0.25) is 0 Å². The van der Waals surface area contributed by atoms with Gasteiger partial charge in [-0.15, -0.1) is 0 Å². The molecule has 2 heterocycles. The molecule has 0 aliphatic rings. The number of nitrogens with two attached hydrogens (primary N) is 1. The summed E-state index contributed by atoms with van der Waals surface area (Å²) in [6.07, 6.45) is 6.12. The van der Waals surface area contributed by atoms with Gasteiger partial charge in [-0.1, -0.05) is 0 Å². The van der Waals surface area contributed by atoms with E-state index < -0.39 is 0 Å². The van der Waals surface area contributed by atoms with Gasteiger partial charge in [-0.3, -0.25) is 4.98 Å². The molecule has 0 saturated heterocycles. The highest BCUT2D eigenvalue weighted by atomic mass is 14.9. The van der Waals surface area contributed by atoms with Crippen LogP contribution in [0.4, 0.5) is 0 Å². The molecule has 0 aromatic carbocycles. The Kier molecular flexibility index (Phi) is 1.75. The molecule has 0 radical (unpaired) electrons. The minimum Gasteiger partial charge on any atom is -0.345 e. The van der Waals surface area contributed by atoms with E-state index in [0.29, 0.717) is 6.54 Å². The number of fused-ring (bicyclic) bond motifs is 1. The van der Waals surface area contributed by atoms with Crippen LogP contribution in [0.25, 0.3) is 11.2 Å². The SMILES string of the molecule is NCCc1c[nH]c2nccnc12. The molecule has 2 aromatic rings. The Labute approximate surface area is 69.8 Å². The first kappa shape index (κ1) is 7.24. The van der Waals surface area contributed by atoms with Crippen molar-refractivity contribution in [3.63, 3.8) is 0 Å². The van der Waals surface area contributed by atoms with Crippen LogP contribution < -0.4 is 5.73 Å². The predicted octanol–water partition coefficient (Wildman–Crippen LogP) is 0.459. The van der Waals surface area contributed by atoms with E-state index in [4.69, 9.17) is 5.73 Å². The zero-order valence-electron chi connectivity index (χ0n) is 6.62. The van der Waals surface area contributed by atoms with Crippen molar-refractivity contribution >= 4 is 11.2 Å². The number of nitrogens with one attached hydrogen (secondary N) is 1. The fourth-order valence-corrected chi connectivity index (χ4v) is 1.25. The Morgan fingerprint density at radius 3 is 3.00 bits per heavy atom. The van der Waals surface area contributed by atoms with Crippen molar-refractivity contribution in [2.24, 2.45) is 5.73 Å². The summed E-state index contributed by atoms with van der Waals surface area (Å²) in [6.45, 7) is 0.642. The number of rotatable bonds is 2. The number of nitrogens with zero attached hydrogens (tertiary/aromatic N) is 2. The van der Waals surface area contributed by atoms with Crippen LogP contribution >= 0.6 is 0 Å². The van der Waals surface area contributed by atoms with Crippen molar-refractivity contribution < 1.29 is 0 Å². The summed E-state index contributed by atoms with van der Waals surface area (Å²) < 4.78 is 0. The molecule has 4 heteroatoms. The highest BCUT2D eigenvalue weighted by Gasteiger charge is 2.02. The molecule has 0 aliphatic heterocycles. The Hall–Kier alpha value is -1.42. The second kappa shape index (κ2) is 2.91. The van der Waals surface area contributed by atoms with E-state index in [9.17, 15) is 0 Å². The minimum atomic E-state index is 0.642. The number of aromatic nitrogens is 3. The molecule has 12 heavy (non-hydrogen) atoms. The molecule has 0 bridgehead atoms. The lowest BCUT2D eigenvalue weighted by Gasteiger charge is -1.92. The lowest BCUT2D eigenvalue weighted by atomic mass is 10.2. The van der Waals surface area contributed by atoms with Gasteiger partial charge in [0.1, 0.15) is 5.52 Å². The molecular weight excluding hydrogens is 152 g/mol. The molecule has 0 unspecified atom stereocenters.